The van der Waals surface area contributed by atoms with Gasteiger partial charge in [0, 0.05) is 7.11 Å². The van der Waals surface area contributed by atoms with Gasteiger partial charge < -0.3 is 9.47 Å². The van der Waals surface area contributed by atoms with E-state index in [1.807, 2.05) is 7.11 Å². The average Bonchev–Trinajstić information content (AvgIpc) is 3.28. The van der Waals surface area contributed by atoms with Crippen molar-refractivity contribution in [3.8, 4) is 6.07 Å². The molecule has 0 bridgehead atoms. The number of nitriles is 1. The summed E-state index contributed by atoms with van der Waals surface area (Å²) < 4.78 is 12.2. The summed E-state index contributed by atoms with van der Waals surface area (Å²) in [5.74, 6) is 3.13. The molecule has 5 aliphatic rings. The molecule has 0 radical (unpaired) electrons. The van der Waals surface area contributed by atoms with E-state index in [0.717, 1.165) is 30.6 Å². The highest BCUT2D eigenvalue weighted by molar-refractivity contribution is 5.17. The summed E-state index contributed by atoms with van der Waals surface area (Å²) in [7, 11) is 1.91. The molecular weight excluding hydrogens is 298 g/mol. The molecular formula is C21H31NO2. The van der Waals surface area contributed by atoms with E-state index in [1.54, 1.807) is 0 Å². The van der Waals surface area contributed by atoms with Crippen LogP contribution in [0.15, 0.2) is 0 Å². The molecule has 0 N–H and O–H groups in total. The second-order valence-corrected chi connectivity index (χ2v) is 9.91. The van der Waals surface area contributed by atoms with Crippen LogP contribution in [0.1, 0.15) is 58.8 Å². The van der Waals surface area contributed by atoms with E-state index in [2.05, 4.69) is 19.9 Å². The van der Waals surface area contributed by atoms with Gasteiger partial charge in [-0.1, -0.05) is 13.8 Å². The Hall–Kier alpha value is -0.590. The van der Waals surface area contributed by atoms with E-state index >= 15 is 0 Å². The van der Waals surface area contributed by atoms with Crippen LogP contribution in [-0.4, -0.2) is 25.4 Å². The van der Waals surface area contributed by atoms with Gasteiger partial charge in [0.2, 0.25) is 0 Å². The fourth-order valence-electron chi connectivity index (χ4n) is 8.12. The van der Waals surface area contributed by atoms with Gasteiger partial charge in [-0.25, -0.2) is 0 Å². The minimum absolute atomic E-state index is 0.174. The molecule has 4 saturated carbocycles. The van der Waals surface area contributed by atoms with Gasteiger partial charge >= 0.3 is 0 Å². The van der Waals surface area contributed by atoms with Crippen molar-refractivity contribution in [2.45, 2.75) is 77.1 Å². The third kappa shape index (κ3) is 1.80. The lowest BCUT2D eigenvalue weighted by Gasteiger charge is -2.61. The molecule has 5 fully saturated rings. The summed E-state index contributed by atoms with van der Waals surface area (Å²) in [5.41, 5.74) is 0.556. The first kappa shape index (κ1) is 15.6. The van der Waals surface area contributed by atoms with E-state index < -0.39 is 0 Å². The standard InChI is InChI=1S/C21H31NO2/c1-20-9-8-16-19(24-16)15(20)7-5-13-14-6-4-12(11-22)21(14,2)10-17(23-3)18(13)20/h12-19H,4-10H2,1-3H3/t12-,13?,14+,15+,16-,17+,18-,19+,20+,21-/m1/s1. The summed E-state index contributed by atoms with van der Waals surface area (Å²) in [5, 5.41) is 9.70. The van der Waals surface area contributed by atoms with Crippen molar-refractivity contribution in [2.75, 3.05) is 7.11 Å². The number of ether oxygens (including phenoxy) is 2. The summed E-state index contributed by atoms with van der Waals surface area (Å²) in [6.45, 7) is 4.95. The minimum atomic E-state index is 0.174. The number of epoxide rings is 1. The molecule has 3 nitrogen and oxygen atoms in total. The van der Waals surface area contributed by atoms with Gasteiger partial charge in [-0.05, 0) is 79.4 Å². The van der Waals surface area contributed by atoms with Crippen molar-refractivity contribution >= 4 is 0 Å². The normalized spacial score (nSPS) is 61.1. The third-order valence-corrected chi connectivity index (χ3v) is 9.29. The van der Waals surface area contributed by atoms with Gasteiger partial charge in [0.15, 0.2) is 0 Å². The van der Waals surface area contributed by atoms with Crippen molar-refractivity contribution in [1.29, 1.82) is 5.26 Å². The maximum Gasteiger partial charge on any atom is 0.0875 e. The van der Waals surface area contributed by atoms with Crippen molar-refractivity contribution in [3.05, 3.63) is 0 Å². The first-order valence-electron chi connectivity index (χ1n) is 10.1. The van der Waals surface area contributed by atoms with Gasteiger partial charge in [-0.2, -0.15) is 5.26 Å². The quantitative estimate of drug-likeness (QED) is 0.678. The molecule has 0 spiro atoms. The molecule has 0 amide bonds. The van der Waals surface area contributed by atoms with E-state index in [-0.39, 0.29) is 11.3 Å². The number of rotatable bonds is 1. The zero-order chi connectivity index (χ0) is 16.7. The molecule has 5 rings (SSSR count). The van der Waals surface area contributed by atoms with E-state index in [9.17, 15) is 5.26 Å². The Morgan fingerprint density at radius 3 is 2.58 bits per heavy atom. The predicted molar refractivity (Wildman–Crippen MR) is 91.1 cm³/mol. The van der Waals surface area contributed by atoms with Crippen LogP contribution in [0.3, 0.4) is 0 Å². The molecule has 1 saturated heterocycles. The fraction of sp³-hybridized carbons (Fsp3) is 0.952. The van der Waals surface area contributed by atoms with Crippen LogP contribution >= 0.6 is 0 Å². The Balaban J connectivity index is 1.53. The molecule has 0 aromatic rings. The van der Waals surface area contributed by atoms with Crippen LogP contribution in [-0.2, 0) is 9.47 Å². The number of methoxy groups -OCH3 is 1. The lowest BCUT2D eigenvalue weighted by molar-refractivity contribution is -0.173. The van der Waals surface area contributed by atoms with E-state index in [0.29, 0.717) is 29.6 Å². The van der Waals surface area contributed by atoms with Crippen LogP contribution in [0.25, 0.3) is 0 Å². The molecule has 3 heteroatoms. The molecule has 0 aromatic carbocycles. The summed E-state index contributed by atoms with van der Waals surface area (Å²) in [4.78, 5) is 0. The number of fused-ring (bicyclic) bond motifs is 7. The highest BCUT2D eigenvalue weighted by Gasteiger charge is 2.67. The molecule has 132 valence electrons. The Bertz CT molecular complexity index is 585. The van der Waals surface area contributed by atoms with Crippen LogP contribution in [0.5, 0.6) is 0 Å². The topological polar surface area (TPSA) is 45.5 Å². The Morgan fingerprint density at radius 1 is 1.04 bits per heavy atom. The van der Waals surface area contributed by atoms with Crippen LogP contribution in [0.2, 0.25) is 0 Å². The zero-order valence-electron chi connectivity index (χ0n) is 15.3. The second kappa shape index (κ2) is 4.98. The van der Waals surface area contributed by atoms with Crippen LogP contribution in [0, 0.1) is 51.8 Å². The Labute approximate surface area is 146 Å². The number of hydrogen-bond acceptors (Lipinski definition) is 3. The first-order chi connectivity index (χ1) is 11.5. The van der Waals surface area contributed by atoms with Gasteiger partial charge in [0.05, 0.1) is 30.3 Å². The SMILES string of the molecule is CO[C@H]1C[C@]2(C)[C@@H](C#N)CC[C@H]2C2CC[C@H]3[C@@H]4O[C@@H]4CC[C@]3(C)[C@H]21. The molecule has 1 unspecified atom stereocenters. The largest absolute Gasteiger partial charge is 0.381 e. The summed E-state index contributed by atoms with van der Waals surface area (Å²) in [6.07, 6.45) is 10.1. The molecule has 10 atom stereocenters. The predicted octanol–water partition coefficient (Wildman–Crippen LogP) is 4.17. The molecule has 0 aromatic heterocycles. The van der Waals surface area contributed by atoms with Gasteiger partial charge in [0.1, 0.15) is 0 Å². The van der Waals surface area contributed by atoms with E-state index in [1.165, 1.54) is 32.1 Å². The van der Waals surface area contributed by atoms with Crippen LogP contribution < -0.4 is 0 Å². The lowest BCUT2D eigenvalue weighted by Crippen LogP contribution is -2.59. The molecule has 1 aliphatic heterocycles. The summed E-state index contributed by atoms with van der Waals surface area (Å²) >= 11 is 0. The van der Waals surface area contributed by atoms with Crippen molar-refractivity contribution < 1.29 is 9.47 Å². The Kier molecular flexibility index (Phi) is 3.25. The molecule has 24 heavy (non-hydrogen) atoms. The van der Waals surface area contributed by atoms with Gasteiger partial charge in [-0.15, -0.1) is 0 Å². The third-order valence-electron chi connectivity index (χ3n) is 9.29. The van der Waals surface area contributed by atoms with Gasteiger partial charge in [-0.3, -0.25) is 0 Å². The average molecular weight is 329 g/mol. The van der Waals surface area contributed by atoms with Crippen LogP contribution in [0.4, 0.5) is 0 Å². The maximum absolute atomic E-state index is 9.70. The molecule has 4 aliphatic carbocycles. The second-order valence-electron chi connectivity index (χ2n) is 9.91. The van der Waals surface area contributed by atoms with Crippen molar-refractivity contribution in [2.24, 2.45) is 40.4 Å². The number of nitrogens with zero attached hydrogens (tertiary/aromatic N) is 1. The highest BCUT2D eigenvalue weighted by Crippen LogP contribution is 2.69. The smallest absolute Gasteiger partial charge is 0.0875 e. The monoisotopic (exact) mass is 329 g/mol. The minimum Gasteiger partial charge on any atom is -0.381 e. The zero-order valence-corrected chi connectivity index (χ0v) is 15.3. The van der Waals surface area contributed by atoms with Gasteiger partial charge in [0.25, 0.3) is 0 Å². The first-order valence-corrected chi connectivity index (χ1v) is 10.1. The lowest BCUT2D eigenvalue weighted by atomic mass is 9.44. The van der Waals surface area contributed by atoms with Crippen molar-refractivity contribution in [1.82, 2.24) is 0 Å². The Morgan fingerprint density at radius 2 is 1.83 bits per heavy atom. The molecule has 1 heterocycles. The fourth-order valence-corrected chi connectivity index (χ4v) is 8.12. The maximum atomic E-state index is 9.70. The number of hydrogen-bond donors (Lipinski definition) is 0. The highest BCUT2D eigenvalue weighted by atomic mass is 16.6. The van der Waals surface area contributed by atoms with Crippen molar-refractivity contribution in [3.63, 3.8) is 0 Å². The summed E-state index contributed by atoms with van der Waals surface area (Å²) in [6, 6.07) is 2.65. The van der Waals surface area contributed by atoms with E-state index in [4.69, 9.17) is 9.47 Å².